The Kier molecular flexibility index (Phi) is 4.85. The van der Waals surface area contributed by atoms with E-state index < -0.39 is 0 Å². The molecule has 3 rings (SSSR count). The summed E-state index contributed by atoms with van der Waals surface area (Å²) in [5.41, 5.74) is 7.43. The molecule has 118 valence electrons. The van der Waals surface area contributed by atoms with E-state index >= 15 is 0 Å². The normalized spacial score (nSPS) is 19.5. The molecule has 5 heteroatoms. The molecule has 1 unspecified atom stereocenters. The minimum atomic E-state index is -0.256. The third-order valence-electron chi connectivity index (χ3n) is 4.26. The van der Waals surface area contributed by atoms with Crippen LogP contribution in [0, 0.1) is 5.82 Å². The van der Waals surface area contributed by atoms with Crippen molar-refractivity contribution in [2.24, 2.45) is 5.73 Å². The maximum Gasteiger partial charge on any atom is 0.226 e. The van der Waals surface area contributed by atoms with Crippen molar-refractivity contribution < 1.29 is 8.81 Å². The minimum absolute atomic E-state index is 0.256. The second-order valence-electron chi connectivity index (χ2n) is 5.85. The molecule has 2 aromatic rings. The van der Waals surface area contributed by atoms with Gasteiger partial charge in [0.25, 0.3) is 0 Å². The summed E-state index contributed by atoms with van der Waals surface area (Å²) < 4.78 is 18.5. The number of piperidine rings is 1. The molecular weight excluding hydrogens is 281 g/mol. The summed E-state index contributed by atoms with van der Waals surface area (Å²) in [6.45, 7) is 2.60. The molecule has 2 heterocycles. The first kappa shape index (κ1) is 15.2. The molecular formula is C17H22FN3O. The lowest BCUT2D eigenvalue weighted by atomic mass is 9.99. The maximum absolute atomic E-state index is 13.0. The molecule has 1 aliphatic heterocycles. The monoisotopic (exact) mass is 303 g/mol. The SMILES string of the molecule is NCCC1CCCCN1Cc1coc(-c2ccc(F)cc2)n1. The van der Waals surface area contributed by atoms with Gasteiger partial charge in [-0.05, 0) is 56.6 Å². The molecule has 4 nitrogen and oxygen atoms in total. The summed E-state index contributed by atoms with van der Waals surface area (Å²) in [4.78, 5) is 6.98. The van der Waals surface area contributed by atoms with Gasteiger partial charge in [-0.2, -0.15) is 0 Å². The first-order valence-electron chi connectivity index (χ1n) is 7.91. The smallest absolute Gasteiger partial charge is 0.226 e. The zero-order chi connectivity index (χ0) is 15.4. The fourth-order valence-electron chi connectivity index (χ4n) is 3.10. The summed E-state index contributed by atoms with van der Waals surface area (Å²) in [5, 5.41) is 0. The number of likely N-dealkylation sites (tertiary alicyclic amines) is 1. The number of nitrogens with zero attached hydrogens (tertiary/aromatic N) is 2. The first-order valence-corrected chi connectivity index (χ1v) is 7.91. The lowest BCUT2D eigenvalue weighted by Gasteiger charge is -2.35. The van der Waals surface area contributed by atoms with Gasteiger partial charge in [-0.15, -0.1) is 0 Å². The van der Waals surface area contributed by atoms with E-state index in [2.05, 4.69) is 9.88 Å². The Morgan fingerprint density at radius 3 is 2.86 bits per heavy atom. The average molecular weight is 303 g/mol. The third-order valence-corrected chi connectivity index (χ3v) is 4.26. The Labute approximate surface area is 130 Å². The van der Waals surface area contributed by atoms with Crippen LogP contribution < -0.4 is 5.73 Å². The van der Waals surface area contributed by atoms with Gasteiger partial charge >= 0.3 is 0 Å². The van der Waals surface area contributed by atoms with Crippen LogP contribution in [-0.2, 0) is 6.54 Å². The minimum Gasteiger partial charge on any atom is -0.444 e. The summed E-state index contributed by atoms with van der Waals surface area (Å²) in [7, 11) is 0. The average Bonchev–Trinajstić information content (AvgIpc) is 2.99. The number of rotatable bonds is 5. The third kappa shape index (κ3) is 3.54. The highest BCUT2D eigenvalue weighted by Gasteiger charge is 2.22. The summed E-state index contributed by atoms with van der Waals surface area (Å²) in [6, 6.07) is 6.75. The van der Waals surface area contributed by atoms with E-state index in [0.29, 0.717) is 11.9 Å². The molecule has 0 saturated carbocycles. The fourth-order valence-corrected chi connectivity index (χ4v) is 3.10. The number of halogens is 1. The van der Waals surface area contributed by atoms with Crippen molar-refractivity contribution in [1.29, 1.82) is 0 Å². The zero-order valence-electron chi connectivity index (χ0n) is 12.7. The predicted molar refractivity (Wildman–Crippen MR) is 83.6 cm³/mol. The molecule has 0 spiro atoms. The number of hydrogen-bond donors (Lipinski definition) is 1. The van der Waals surface area contributed by atoms with Gasteiger partial charge in [-0.1, -0.05) is 6.42 Å². The maximum atomic E-state index is 13.0. The second-order valence-corrected chi connectivity index (χ2v) is 5.85. The van der Waals surface area contributed by atoms with E-state index in [-0.39, 0.29) is 5.82 Å². The largest absolute Gasteiger partial charge is 0.444 e. The van der Waals surface area contributed by atoms with E-state index in [4.69, 9.17) is 10.2 Å². The molecule has 1 aromatic heterocycles. The Morgan fingerprint density at radius 1 is 1.27 bits per heavy atom. The summed E-state index contributed by atoms with van der Waals surface area (Å²) in [6.07, 6.45) is 6.44. The van der Waals surface area contributed by atoms with Gasteiger partial charge in [0.05, 0.1) is 5.69 Å². The van der Waals surface area contributed by atoms with Crippen molar-refractivity contribution in [2.45, 2.75) is 38.3 Å². The van der Waals surface area contributed by atoms with E-state index in [1.165, 1.54) is 31.4 Å². The highest BCUT2D eigenvalue weighted by atomic mass is 19.1. The molecule has 1 aromatic carbocycles. The number of oxazole rings is 1. The van der Waals surface area contributed by atoms with Gasteiger partial charge < -0.3 is 10.2 Å². The van der Waals surface area contributed by atoms with Gasteiger partial charge in [-0.3, -0.25) is 4.90 Å². The van der Waals surface area contributed by atoms with Gasteiger partial charge in [0.1, 0.15) is 12.1 Å². The topological polar surface area (TPSA) is 55.3 Å². The summed E-state index contributed by atoms with van der Waals surface area (Å²) >= 11 is 0. The molecule has 0 bridgehead atoms. The van der Waals surface area contributed by atoms with E-state index in [9.17, 15) is 4.39 Å². The van der Waals surface area contributed by atoms with Gasteiger partial charge in [0.15, 0.2) is 0 Å². The van der Waals surface area contributed by atoms with Crippen LogP contribution in [0.25, 0.3) is 11.5 Å². The summed E-state index contributed by atoms with van der Waals surface area (Å²) in [5.74, 6) is 0.288. The molecule has 1 atom stereocenters. The van der Waals surface area contributed by atoms with E-state index in [1.54, 1.807) is 18.4 Å². The van der Waals surface area contributed by atoms with Crippen molar-refractivity contribution in [1.82, 2.24) is 9.88 Å². The highest BCUT2D eigenvalue weighted by Crippen LogP contribution is 2.23. The fraction of sp³-hybridized carbons (Fsp3) is 0.471. The van der Waals surface area contributed by atoms with Crippen molar-refractivity contribution >= 4 is 0 Å². The zero-order valence-corrected chi connectivity index (χ0v) is 12.7. The number of benzene rings is 1. The Bertz CT molecular complexity index is 594. The van der Waals surface area contributed by atoms with Crippen LogP contribution in [-0.4, -0.2) is 29.0 Å². The Morgan fingerprint density at radius 2 is 2.09 bits per heavy atom. The van der Waals surface area contributed by atoms with Crippen molar-refractivity contribution in [3.05, 3.63) is 42.0 Å². The van der Waals surface area contributed by atoms with Gasteiger partial charge in [0, 0.05) is 18.2 Å². The number of aromatic nitrogens is 1. The van der Waals surface area contributed by atoms with Crippen molar-refractivity contribution in [3.63, 3.8) is 0 Å². The Hall–Kier alpha value is -1.72. The molecule has 2 N–H and O–H groups in total. The first-order chi connectivity index (χ1) is 10.8. The van der Waals surface area contributed by atoms with Crippen LogP contribution in [0.4, 0.5) is 4.39 Å². The number of hydrogen-bond acceptors (Lipinski definition) is 4. The molecule has 22 heavy (non-hydrogen) atoms. The van der Waals surface area contributed by atoms with Crippen LogP contribution in [0.2, 0.25) is 0 Å². The van der Waals surface area contributed by atoms with Crippen molar-refractivity contribution in [3.8, 4) is 11.5 Å². The number of nitrogens with two attached hydrogens (primary N) is 1. The van der Waals surface area contributed by atoms with Crippen LogP contribution in [0.1, 0.15) is 31.4 Å². The van der Waals surface area contributed by atoms with Gasteiger partial charge in [-0.25, -0.2) is 9.37 Å². The quantitative estimate of drug-likeness (QED) is 0.921. The van der Waals surface area contributed by atoms with E-state index in [0.717, 1.165) is 37.3 Å². The van der Waals surface area contributed by atoms with E-state index in [1.807, 2.05) is 0 Å². The molecule has 0 aliphatic carbocycles. The standard InChI is InChI=1S/C17H22FN3O/c18-14-6-4-13(5-7-14)17-20-15(12-22-17)11-21-10-2-1-3-16(21)8-9-19/h4-7,12,16H,1-3,8-11,19H2. The molecule has 0 amide bonds. The van der Waals surface area contributed by atoms with Crippen molar-refractivity contribution in [2.75, 3.05) is 13.1 Å². The molecule has 1 saturated heterocycles. The molecule has 1 aliphatic rings. The second kappa shape index (κ2) is 7.03. The Balaban J connectivity index is 1.69. The van der Waals surface area contributed by atoms with Crippen LogP contribution in [0.15, 0.2) is 34.9 Å². The lowest BCUT2D eigenvalue weighted by molar-refractivity contribution is 0.132. The van der Waals surface area contributed by atoms with Crippen LogP contribution in [0.5, 0.6) is 0 Å². The van der Waals surface area contributed by atoms with Crippen LogP contribution >= 0.6 is 0 Å². The molecule has 1 fully saturated rings. The highest BCUT2D eigenvalue weighted by molar-refractivity contribution is 5.52. The van der Waals surface area contributed by atoms with Gasteiger partial charge in [0.2, 0.25) is 5.89 Å². The van der Waals surface area contributed by atoms with Crippen LogP contribution in [0.3, 0.4) is 0 Å². The lowest BCUT2D eigenvalue weighted by Crippen LogP contribution is -2.40. The molecule has 0 radical (unpaired) electrons. The predicted octanol–water partition coefficient (Wildman–Crippen LogP) is 3.18.